The van der Waals surface area contributed by atoms with Crippen LogP contribution in [0.4, 0.5) is 0 Å². The van der Waals surface area contributed by atoms with Crippen molar-refractivity contribution in [2.75, 3.05) is 26.3 Å². The molecule has 2 N–H and O–H groups in total. The largest absolute Gasteiger partial charge is 0.454 e. The Hall–Kier alpha value is -2.41. The summed E-state index contributed by atoms with van der Waals surface area (Å²) in [7, 11) is 0. The second-order valence-corrected chi connectivity index (χ2v) is 7.61. The predicted molar refractivity (Wildman–Crippen MR) is 100 cm³/mol. The van der Waals surface area contributed by atoms with Crippen molar-refractivity contribution in [2.45, 2.75) is 45.1 Å². The number of nitrogens with one attached hydrogen (secondary N) is 2. The van der Waals surface area contributed by atoms with Crippen molar-refractivity contribution in [3.8, 4) is 0 Å². The van der Waals surface area contributed by atoms with Gasteiger partial charge in [-0.2, -0.15) is 0 Å². The lowest BCUT2D eigenvalue weighted by Crippen LogP contribution is -2.36. The summed E-state index contributed by atoms with van der Waals surface area (Å²) in [6, 6.07) is 7.23. The number of rotatable bonds is 7. The van der Waals surface area contributed by atoms with Gasteiger partial charge in [0.2, 0.25) is 0 Å². The van der Waals surface area contributed by atoms with E-state index in [1.807, 2.05) is 12.1 Å². The van der Waals surface area contributed by atoms with Gasteiger partial charge >= 0.3 is 5.97 Å². The number of benzene rings is 1. The van der Waals surface area contributed by atoms with E-state index in [-0.39, 0.29) is 36.5 Å². The Morgan fingerprint density at radius 3 is 2.44 bits per heavy atom. The number of hydrogen-bond acceptors (Lipinski definition) is 5. The Morgan fingerprint density at radius 1 is 1.15 bits per heavy atom. The molecule has 0 spiro atoms. The summed E-state index contributed by atoms with van der Waals surface area (Å²) in [6.07, 6.45) is 1.95. The highest BCUT2D eigenvalue weighted by atomic mass is 16.5. The molecule has 0 bridgehead atoms. The number of carbonyl (C=O) groups excluding carboxylic acids is 3. The molecule has 1 saturated heterocycles. The molecule has 1 aliphatic heterocycles. The van der Waals surface area contributed by atoms with Crippen molar-refractivity contribution in [2.24, 2.45) is 0 Å². The molecule has 0 unspecified atom stereocenters. The van der Waals surface area contributed by atoms with Crippen LogP contribution >= 0.6 is 0 Å². The zero-order valence-corrected chi connectivity index (χ0v) is 16.2. The summed E-state index contributed by atoms with van der Waals surface area (Å²) in [6.45, 7) is 6.74. The average Bonchev–Trinajstić information content (AvgIpc) is 3.15. The Balaban J connectivity index is 1.66. The number of amides is 2. The molecular weight excluding hydrogens is 348 g/mol. The van der Waals surface area contributed by atoms with E-state index in [0.29, 0.717) is 18.7 Å². The molecule has 0 radical (unpaired) electrons. The summed E-state index contributed by atoms with van der Waals surface area (Å²) >= 11 is 0. The maximum absolute atomic E-state index is 12.1. The molecule has 0 aromatic heterocycles. The minimum atomic E-state index is -0.665. The summed E-state index contributed by atoms with van der Waals surface area (Å²) in [5.41, 5.74) is 1.58. The fourth-order valence-corrected chi connectivity index (χ4v) is 2.66. The van der Waals surface area contributed by atoms with Gasteiger partial charge in [0.15, 0.2) is 6.61 Å². The van der Waals surface area contributed by atoms with E-state index in [1.165, 1.54) is 0 Å². The molecule has 1 fully saturated rings. The fourth-order valence-electron chi connectivity index (χ4n) is 2.66. The van der Waals surface area contributed by atoms with Crippen LogP contribution in [0.1, 0.15) is 49.5 Å². The normalized spacial score (nSPS) is 16.6. The predicted octanol–water partition coefficient (Wildman–Crippen LogP) is 1.55. The van der Waals surface area contributed by atoms with Gasteiger partial charge < -0.3 is 20.1 Å². The minimum Gasteiger partial charge on any atom is -0.454 e. The Labute approximate surface area is 159 Å². The number of hydrogen-bond donors (Lipinski definition) is 2. The van der Waals surface area contributed by atoms with Crippen molar-refractivity contribution >= 4 is 17.8 Å². The lowest BCUT2D eigenvalue weighted by molar-refractivity contribution is -0.147. The van der Waals surface area contributed by atoms with Crippen LogP contribution in [0.25, 0.3) is 0 Å². The number of esters is 1. The highest BCUT2D eigenvalue weighted by Crippen LogP contribution is 2.22. The van der Waals surface area contributed by atoms with E-state index in [2.05, 4.69) is 31.4 Å². The third-order valence-corrected chi connectivity index (χ3v) is 4.32. The quantitative estimate of drug-likeness (QED) is 0.704. The first-order valence-electron chi connectivity index (χ1n) is 9.18. The molecule has 7 nitrogen and oxygen atoms in total. The van der Waals surface area contributed by atoms with Gasteiger partial charge in [-0.3, -0.25) is 14.4 Å². The van der Waals surface area contributed by atoms with Crippen LogP contribution in [-0.2, 0) is 24.5 Å². The molecule has 0 saturated carbocycles. The van der Waals surface area contributed by atoms with Gasteiger partial charge in [-0.05, 0) is 36.0 Å². The molecule has 1 aromatic carbocycles. The van der Waals surface area contributed by atoms with E-state index in [9.17, 15) is 14.4 Å². The lowest BCUT2D eigenvalue weighted by Gasteiger charge is -2.19. The molecule has 1 heterocycles. The lowest BCUT2D eigenvalue weighted by atomic mass is 9.87. The highest BCUT2D eigenvalue weighted by Gasteiger charge is 2.17. The molecule has 2 rings (SSSR count). The summed E-state index contributed by atoms with van der Waals surface area (Å²) in [5, 5.41) is 5.15. The molecule has 7 heteroatoms. The minimum absolute atomic E-state index is 0.00325. The van der Waals surface area contributed by atoms with Gasteiger partial charge in [-0.15, -0.1) is 0 Å². The third-order valence-electron chi connectivity index (χ3n) is 4.32. The monoisotopic (exact) mass is 376 g/mol. The summed E-state index contributed by atoms with van der Waals surface area (Å²) in [4.78, 5) is 35.4. The molecule has 148 valence electrons. The smallest absolute Gasteiger partial charge is 0.325 e. The molecule has 0 aliphatic carbocycles. The van der Waals surface area contributed by atoms with Crippen molar-refractivity contribution in [1.29, 1.82) is 0 Å². The molecule has 1 atom stereocenters. The number of ether oxygens (including phenoxy) is 2. The van der Waals surface area contributed by atoms with Crippen molar-refractivity contribution in [3.05, 3.63) is 35.4 Å². The van der Waals surface area contributed by atoms with Gasteiger partial charge in [0.25, 0.3) is 11.8 Å². The van der Waals surface area contributed by atoms with E-state index in [1.54, 1.807) is 12.1 Å². The maximum atomic E-state index is 12.1. The van der Waals surface area contributed by atoms with Gasteiger partial charge in [-0.1, -0.05) is 32.9 Å². The van der Waals surface area contributed by atoms with Crippen LogP contribution < -0.4 is 10.6 Å². The highest BCUT2D eigenvalue weighted by molar-refractivity contribution is 5.96. The molecular formula is C20H28N2O5. The first-order chi connectivity index (χ1) is 12.8. The van der Waals surface area contributed by atoms with Crippen LogP contribution in [0.15, 0.2) is 24.3 Å². The standard InChI is InChI=1S/C20H28N2O5/c1-20(2,3)15-8-6-14(7-9-15)19(25)22-12-18(24)27-13-17(23)21-11-16-5-4-10-26-16/h6-9,16H,4-5,10-13H2,1-3H3,(H,21,23)(H,22,25)/t16-/m0/s1. The molecule has 2 amide bonds. The molecule has 27 heavy (non-hydrogen) atoms. The van der Waals surface area contributed by atoms with E-state index >= 15 is 0 Å². The summed E-state index contributed by atoms with van der Waals surface area (Å²) in [5.74, 6) is -1.42. The van der Waals surface area contributed by atoms with Crippen molar-refractivity contribution in [1.82, 2.24) is 10.6 Å². The van der Waals surface area contributed by atoms with Crippen LogP contribution in [0.2, 0.25) is 0 Å². The SMILES string of the molecule is CC(C)(C)c1ccc(C(=O)NCC(=O)OCC(=O)NC[C@@H]2CCCO2)cc1. The Bertz CT molecular complexity index is 658. The van der Waals surface area contributed by atoms with Gasteiger partial charge in [0.1, 0.15) is 6.54 Å². The topological polar surface area (TPSA) is 93.7 Å². The van der Waals surface area contributed by atoms with Gasteiger partial charge in [0.05, 0.1) is 6.10 Å². The zero-order valence-electron chi connectivity index (χ0n) is 16.2. The van der Waals surface area contributed by atoms with E-state index in [4.69, 9.17) is 9.47 Å². The second kappa shape index (κ2) is 9.50. The first kappa shape index (κ1) is 20.9. The Morgan fingerprint density at radius 2 is 1.85 bits per heavy atom. The average molecular weight is 376 g/mol. The van der Waals surface area contributed by atoms with E-state index in [0.717, 1.165) is 18.4 Å². The zero-order chi connectivity index (χ0) is 19.9. The van der Waals surface area contributed by atoms with E-state index < -0.39 is 5.97 Å². The van der Waals surface area contributed by atoms with Gasteiger partial charge in [0, 0.05) is 18.7 Å². The van der Waals surface area contributed by atoms with Gasteiger partial charge in [-0.25, -0.2) is 0 Å². The van der Waals surface area contributed by atoms with Crippen LogP contribution in [0.5, 0.6) is 0 Å². The fraction of sp³-hybridized carbons (Fsp3) is 0.550. The van der Waals surface area contributed by atoms with Crippen LogP contribution in [0.3, 0.4) is 0 Å². The third kappa shape index (κ3) is 7.02. The summed E-state index contributed by atoms with van der Waals surface area (Å²) < 4.78 is 10.3. The molecule has 1 aromatic rings. The van der Waals surface area contributed by atoms with Crippen molar-refractivity contribution in [3.63, 3.8) is 0 Å². The first-order valence-corrected chi connectivity index (χ1v) is 9.18. The van der Waals surface area contributed by atoms with Crippen molar-refractivity contribution < 1.29 is 23.9 Å². The van der Waals surface area contributed by atoms with Crippen LogP contribution in [0, 0.1) is 0 Å². The number of carbonyl (C=O) groups is 3. The Kier molecular flexibility index (Phi) is 7.36. The second-order valence-electron chi connectivity index (χ2n) is 7.61. The van der Waals surface area contributed by atoms with Crippen LogP contribution in [-0.4, -0.2) is 50.2 Å². The molecule has 1 aliphatic rings. The maximum Gasteiger partial charge on any atom is 0.325 e.